The number of amides is 1. The minimum absolute atomic E-state index is 0.0351. The van der Waals surface area contributed by atoms with Gasteiger partial charge in [-0.2, -0.15) is 23.5 Å². The zero-order valence-electron chi connectivity index (χ0n) is 18.8. The standard InChI is InChI=1S/C24H20ClF3N4O3/c1-14(24(26,27)28)35-20-8-3-15(11-29)22(25)21(20)23(33)31-10-9-19-16(12-31)13-32(30-19)17-4-6-18(34-2)7-5-17/h3-8,13-14H,9-10,12H2,1-2H3. The molecule has 1 amide bonds. The van der Waals surface area contributed by atoms with E-state index in [1.54, 1.807) is 30.1 Å². The van der Waals surface area contributed by atoms with Crippen LogP contribution in [0.3, 0.4) is 0 Å². The van der Waals surface area contributed by atoms with E-state index in [0.29, 0.717) is 12.2 Å². The quantitative estimate of drug-likeness (QED) is 0.492. The fourth-order valence-corrected chi connectivity index (χ4v) is 3.99. The van der Waals surface area contributed by atoms with Gasteiger partial charge in [-0.25, -0.2) is 4.68 Å². The number of carbonyl (C=O) groups is 1. The van der Waals surface area contributed by atoms with E-state index in [0.717, 1.165) is 29.9 Å². The average molecular weight is 505 g/mol. The molecule has 0 saturated carbocycles. The van der Waals surface area contributed by atoms with Crippen LogP contribution < -0.4 is 9.47 Å². The van der Waals surface area contributed by atoms with Crippen LogP contribution in [0.25, 0.3) is 5.69 Å². The molecule has 2 heterocycles. The van der Waals surface area contributed by atoms with Gasteiger partial charge in [0.15, 0.2) is 6.10 Å². The molecule has 1 aliphatic heterocycles. The van der Waals surface area contributed by atoms with Gasteiger partial charge in [-0.3, -0.25) is 4.79 Å². The molecule has 1 aliphatic rings. The molecule has 0 saturated heterocycles. The summed E-state index contributed by atoms with van der Waals surface area (Å²) in [4.78, 5) is 14.9. The largest absolute Gasteiger partial charge is 0.497 e. The van der Waals surface area contributed by atoms with Gasteiger partial charge in [-0.15, -0.1) is 0 Å². The fourth-order valence-electron chi connectivity index (χ4n) is 3.71. The molecule has 1 unspecified atom stereocenters. The van der Waals surface area contributed by atoms with Crippen molar-refractivity contribution in [3.8, 4) is 23.3 Å². The maximum atomic E-state index is 13.4. The monoisotopic (exact) mass is 504 g/mol. The minimum Gasteiger partial charge on any atom is -0.497 e. The topological polar surface area (TPSA) is 80.4 Å². The maximum Gasteiger partial charge on any atom is 0.425 e. The predicted molar refractivity (Wildman–Crippen MR) is 121 cm³/mol. The van der Waals surface area contributed by atoms with Crippen molar-refractivity contribution < 1.29 is 27.4 Å². The van der Waals surface area contributed by atoms with E-state index in [1.807, 2.05) is 18.2 Å². The Bertz CT molecular complexity index is 1300. The lowest BCUT2D eigenvalue weighted by atomic mass is 10.0. The number of nitriles is 1. The highest BCUT2D eigenvalue weighted by Gasteiger charge is 2.39. The number of carbonyl (C=O) groups excluding carboxylic acids is 1. The lowest BCUT2D eigenvalue weighted by Gasteiger charge is -2.28. The number of nitrogens with zero attached hydrogens (tertiary/aromatic N) is 4. The zero-order chi connectivity index (χ0) is 25.3. The van der Waals surface area contributed by atoms with Crippen molar-refractivity contribution in [2.75, 3.05) is 13.7 Å². The number of aromatic nitrogens is 2. The van der Waals surface area contributed by atoms with Crippen molar-refractivity contribution in [2.24, 2.45) is 0 Å². The number of halogens is 4. The van der Waals surface area contributed by atoms with Gasteiger partial charge in [-0.05, 0) is 43.3 Å². The molecular formula is C24H20ClF3N4O3. The highest BCUT2D eigenvalue weighted by Crippen LogP contribution is 2.35. The van der Waals surface area contributed by atoms with Crippen LogP contribution in [-0.4, -0.2) is 46.5 Å². The van der Waals surface area contributed by atoms with Crippen LogP contribution >= 0.6 is 11.6 Å². The molecule has 0 bridgehead atoms. The SMILES string of the molecule is COc1ccc(-n2cc3c(n2)CCN(C(=O)c2c(OC(C)C(F)(F)F)ccc(C#N)c2Cl)C3)cc1. The van der Waals surface area contributed by atoms with E-state index in [9.17, 15) is 23.2 Å². The first-order valence-electron chi connectivity index (χ1n) is 10.6. The summed E-state index contributed by atoms with van der Waals surface area (Å²) in [6.45, 7) is 1.28. The van der Waals surface area contributed by atoms with Crippen LogP contribution in [0.1, 0.15) is 34.1 Å². The number of alkyl halides is 3. The normalized spacial score (nSPS) is 14.1. The first-order valence-corrected chi connectivity index (χ1v) is 11.0. The van der Waals surface area contributed by atoms with Crippen molar-refractivity contribution in [2.45, 2.75) is 32.2 Å². The number of fused-ring (bicyclic) bond motifs is 1. The van der Waals surface area contributed by atoms with Gasteiger partial charge in [0.1, 0.15) is 23.1 Å². The van der Waals surface area contributed by atoms with Gasteiger partial charge in [0.05, 0.1) is 29.1 Å². The molecule has 1 atom stereocenters. The fraction of sp³-hybridized carbons (Fsp3) is 0.292. The number of benzene rings is 2. The van der Waals surface area contributed by atoms with Gasteiger partial charge in [0.2, 0.25) is 0 Å². The molecule has 0 spiro atoms. The Morgan fingerprint density at radius 3 is 2.57 bits per heavy atom. The van der Waals surface area contributed by atoms with Crippen molar-refractivity contribution in [1.82, 2.24) is 14.7 Å². The summed E-state index contributed by atoms with van der Waals surface area (Å²) in [6.07, 6.45) is -4.58. The van der Waals surface area contributed by atoms with Crippen LogP contribution in [0.4, 0.5) is 13.2 Å². The van der Waals surface area contributed by atoms with Gasteiger partial charge in [0.25, 0.3) is 5.91 Å². The first kappa shape index (κ1) is 24.4. The van der Waals surface area contributed by atoms with Gasteiger partial charge in [0, 0.05) is 31.3 Å². The molecule has 11 heteroatoms. The molecule has 2 aromatic carbocycles. The van der Waals surface area contributed by atoms with Gasteiger partial charge < -0.3 is 14.4 Å². The van der Waals surface area contributed by atoms with Gasteiger partial charge in [-0.1, -0.05) is 11.6 Å². The van der Waals surface area contributed by atoms with E-state index in [2.05, 4.69) is 5.10 Å². The molecule has 182 valence electrons. The first-order chi connectivity index (χ1) is 16.6. The molecule has 3 aromatic rings. The predicted octanol–water partition coefficient (Wildman–Crippen LogP) is 4.93. The smallest absolute Gasteiger partial charge is 0.425 e. The highest BCUT2D eigenvalue weighted by molar-refractivity contribution is 6.35. The van der Waals surface area contributed by atoms with E-state index in [-0.39, 0.29) is 35.0 Å². The van der Waals surface area contributed by atoms with E-state index in [1.165, 1.54) is 11.0 Å². The summed E-state index contributed by atoms with van der Waals surface area (Å²) >= 11 is 6.28. The molecule has 0 radical (unpaired) electrons. The highest BCUT2D eigenvalue weighted by atomic mass is 35.5. The van der Waals surface area contributed by atoms with Crippen molar-refractivity contribution in [3.05, 3.63) is 70.0 Å². The average Bonchev–Trinajstić information content (AvgIpc) is 3.27. The van der Waals surface area contributed by atoms with E-state index >= 15 is 0 Å². The Balaban J connectivity index is 1.62. The Morgan fingerprint density at radius 1 is 1.23 bits per heavy atom. The molecule has 35 heavy (non-hydrogen) atoms. The van der Waals surface area contributed by atoms with Crippen LogP contribution in [0, 0.1) is 11.3 Å². The molecule has 1 aromatic heterocycles. The molecule has 0 N–H and O–H groups in total. The summed E-state index contributed by atoms with van der Waals surface area (Å²) in [6, 6.07) is 11.5. The van der Waals surface area contributed by atoms with Crippen LogP contribution in [0.2, 0.25) is 5.02 Å². The lowest BCUT2D eigenvalue weighted by Crippen LogP contribution is -2.37. The second kappa shape index (κ2) is 9.50. The number of hydrogen-bond donors (Lipinski definition) is 0. The number of hydrogen-bond acceptors (Lipinski definition) is 5. The lowest BCUT2D eigenvalue weighted by molar-refractivity contribution is -0.189. The third-order valence-electron chi connectivity index (χ3n) is 5.68. The third kappa shape index (κ3) is 4.91. The molecular weight excluding hydrogens is 485 g/mol. The summed E-state index contributed by atoms with van der Waals surface area (Å²) in [5, 5.41) is 13.7. The van der Waals surface area contributed by atoms with Crippen molar-refractivity contribution >= 4 is 17.5 Å². The molecule has 7 nitrogen and oxygen atoms in total. The second-order valence-electron chi connectivity index (χ2n) is 7.93. The summed E-state index contributed by atoms with van der Waals surface area (Å²) in [5.74, 6) is -0.250. The van der Waals surface area contributed by atoms with Crippen molar-refractivity contribution in [1.29, 1.82) is 5.26 Å². The Hall–Kier alpha value is -3.71. The number of ether oxygens (including phenoxy) is 2. The molecule has 4 rings (SSSR count). The summed E-state index contributed by atoms with van der Waals surface area (Å²) in [7, 11) is 1.58. The number of rotatable bonds is 5. The molecule has 0 aliphatic carbocycles. The Morgan fingerprint density at radius 2 is 1.94 bits per heavy atom. The molecule has 0 fully saturated rings. The van der Waals surface area contributed by atoms with Crippen LogP contribution in [0.15, 0.2) is 42.6 Å². The van der Waals surface area contributed by atoms with E-state index in [4.69, 9.17) is 21.1 Å². The minimum atomic E-state index is -4.64. The number of methoxy groups -OCH3 is 1. The van der Waals surface area contributed by atoms with Crippen LogP contribution in [0.5, 0.6) is 11.5 Å². The summed E-state index contributed by atoms with van der Waals surface area (Å²) in [5.41, 5.74) is 2.10. The zero-order valence-corrected chi connectivity index (χ0v) is 19.5. The Kier molecular flexibility index (Phi) is 6.63. The van der Waals surface area contributed by atoms with E-state index < -0.39 is 18.2 Å². The Labute approximate surface area is 204 Å². The van der Waals surface area contributed by atoms with Crippen LogP contribution in [-0.2, 0) is 13.0 Å². The maximum absolute atomic E-state index is 13.4. The third-order valence-corrected chi connectivity index (χ3v) is 6.08. The van der Waals surface area contributed by atoms with Gasteiger partial charge >= 0.3 is 6.18 Å². The second-order valence-corrected chi connectivity index (χ2v) is 8.31. The van der Waals surface area contributed by atoms with Crippen molar-refractivity contribution in [3.63, 3.8) is 0 Å². The summed E-state index contributed by atoms with van der Waals surface area (Å²) < 4.78 is 51.2.